The third-order valence-corrected chi connectivity index (χ3v) is 5.00. The minimum Gasteiger partial charge on any atom is -0.327 e. The summed E-state index contributed by atoms with van der Waals surface area (Å²) >= 11 is 3.41. The largest absolute Gasteiger partial charge is 0.327 e. The van der Waals surface area contributed by atoms with Crippen molar-refractivity contribution >= 4 is 33.3 Å². The summed E-state index contributed by atoms with van der Waals surface area (Å²) in [5.41, 5.74) is 1.68. The molecular formula is C20H22BrN2O2+. The third kappa shape index (κ3) is 4.77. The molecule has 4 nitrogen and oxygen atoms in total. The zero-order valence-corrected chi connectivity index (χ0v) is 15.6. The SMILES string of the molecule is O=C(C[NH+]1CCCCC1)Nc1ccc(Br)cc1C(=O)c1ccccc1. The number of hydrogen-bond donors (Lipinski definition) is 2. The van der Waals surface area contributed by atoms with Crippen molar-refractivity contribution in [3.63, 3.8) is 0 Å². The van der Waals surface area contributed by atoms with Crippen molar-refractivity contribution in [3.8, 4) is 0 Å². The lowest BCUT2D eigenvalue weighted by atomic mass is 10.0. The molecule has 0 bridgehead atoms. The van der Waals surface area contributed by atoms with E-state index in [1.54, 1.807) is 24.3 Å². The number of rotatable bonds is 5. The van der Waals surface area contributed by atoms with E-state index in [0.717, 1.165) is 17.6 Å². The molecule has 3 rings (SSSR count). The molecule has 0 aliphatic carbocycles. The van der Waals surface area contributed by atoms with E-state index >= 15 is 0 Å². The highest BCUT2D eigenvalue weighted by Gasteiger charge is 2.20. The number of ketones is 1. The van der Waals surface area contributed by atoms with Crippen LogP contribution in [0.5, 0.6) is 0 Å². The molecule has 130 valence electrons. The number of hydrogen-bond acceptors (Lipinski definition) is 2. The van der Waals surface area contributed by atoms with Gasteiger partial charge in [0.15, 0.2) is 12.3 Å². The Morgan fingerprint density at radius 1 is 1.00 bits per heavy atom. The summed E-state index contributed by atoms with van der Waals surface area (Å²) in [4.78, 5) is 26.6. The Morgan fingerprint density at radius 3 is 2.44 bits per heavy atom. The van der Waals surface area contributed by atoms with Crippen LogP contribution in [-0.2, 0) is 4.79 Å². The second-order valence-corrected chi connectivity index (χ2v) is 7.34. The second kappa shape index (κ2) is 8.41. The zero-order valence-electron chi connectivity index (χ0n) is 14.1. The number of likely N-dealkylation sites (tertiary alicyclic amines) is 1. The molecule has 0 saturated carbocycles. The summed E-state index contributed by atoms with van der Waals surface area (Å²) in [6, 6.07) is 14.5. The van der Waals surface area contributed by atoms with Gasteiger partial charge in [-0.1, -0.05) is 46.3 Å². The lowest BCUT2D eigenvalue weighted by molar-refractivity contribution is -0.896. The fourth-order valence-electron chi connectivity index (χ4n) is 3.21. The normalized spacial score (nSPS) is 14.9. The van der Waals surface area contributed by atoms with Crippen molar-refractivity contribution in [3.05, 3.63) is 64.1 Å². The Kier molecular flexibility index (Phi) is 6.00. The number of halogens is 1. The predicted octanol–water partition coefficient (Wildman–Crippen LogP) is 2.69. The van der Waals surface area contributed by atoms with Gasteiger partial charge in [0.05, 0.1) is 18.8 Å². The molecule has 0 spiro atoms. The lowest BCUT2D eigenvalue weighted by Gasteiger charge is -2.23. The highest BCUT2D eigenvalue weighted by molar-refractivity contribution is 9.10. The quantitative estimate of drug-likeness (QED) is 0.756. The van der Waals surface area contributed by atoms with Crippen LogP contribution in [0.15, 0.2) is 53.0 Å². The number of benzene rings is 2. The average Bonchev–Trinajstić information content (AvgIpc) is 2.64. The Balaban J connectivity index is 1.77. The Hall–Kier alpha value is -1.98. The number of piperidine rings is 1. The van der Waals surface area contributed by atoms with Gasteiger partial charge in [-0.05, 0) is 37.5 Å². The van der Waals surface area contributed by atoms with Gasteiger partial charge in [-0.25, -0.2) is 0 Å². The van der Waals surface area contributed by atoms with E-state index in [4.69, 9.17) is 0 Å². The van der Waals surface area contributed by atoms with Gasteiger partial charge in [0.1, 0.15) is 0 Å². The van der Waals surface area contributed by atoms with Gasteiger partial charge in [0, 0.05) is 15.6 Å². The van der Waals surface area contributed by atoms with Crippen LogP contribution in [0.3, 0.4) is 0 Å². The van der Waals surface area contributed by atoms with Gasteiger partial charge < -0.3 is 10.2 Å². The molecule has 1 amide bonds. The number of nitrogens with one attached hydrogen (secondary N) is 2. The molecule has 0 radical (unpaired) electrons. The van der Waals surface area contributed by atoms with E-state index < -0.39 is 0 Å². The first-order valence-corrected chi connectivity index (χ1v) is 9.45. The molecule has 0 atom stereocenters. The van der Waals surface area contributed by atoms with Crippen molar-refractivity contribution in [2.75, 3.05) is 25.0 Å². The maximum absolute atomic E-state index is 12.8. The fraction of sp³-hybridized carbons (Fsp3) is 0.300. The number of quaternary nitrogens is 1. The van der Waals surface area contributed by atoms with Crippen LogP contribution in [0.25, 0.3) is 0 Å². The van der Waals surface area contributed by atoms with Crippen molar-refractivity contribution in [2.45, 2.75) is 19.3 Å². The van der Waals surface area contributed by atoms with E-state index in [9.17, 15) is 9.59 Å². The first-order valence-electron chi connectivity index (χ1n) is 8.66. The van der Waals surface area contributed by atoms with E-state index in [2.05, 4.69) is 21.2 Å². The minimum atomic E-state index is -0.0949. The van der Waals surface area contributed by atoms with Crippen LogP contribution in [0, 0.1) is 0 Å². The predicted molar refractivity (Wildman–Crippen MR) is 102 cm³/mol. The van der Waals surface area contributed by atoms with Crippen LogP contribution >= 0.6 is 15.9 Å². The van der Waals surface area contributed by atoms with Crippen LogP contribution in [0.4, 0.5) is 5.69 Å². The van der Waals surface area contributed by atoms with Gasteiger partial charge in [-0.15, -0.1) is 0 Å². The second-order valence-electron chi connectivity index (χ2n) is 6.42. The summed E-state index contributed by atoms with van der Waals surface area (Å²) in [5.74, 6) is -0.135. The van der Waals surface area contributed by atoms with Crippen molar-refractivity contribution in [2.24, 2.45) is 0 Å². The number of anilines is 1. The molecule has 25 heavy (non-hydrogen) atoms. The molecule has 0 unspecified atom stereocenters. The van der Waals surface area contributed by atoms with Crippen LogP contribution < -0.4 is 10.2 Å². The maximum Gasteiger partial charge on any atom is 0.279 e. The van der Waals surface area contributed by atoms with Crippen molar-refractivity contribution in [1.82, 2.24) is 0 Å². The topological polar surface area (TPSA) is 50.6 Å². The number of carbonyl (C=O) groups excluding carboxylic acids is 2. The highest BCUT2D eigenvalue weighted by Crippen LogP contribution is 2.24. The Labute approximate surface area is 156 Å². The molecule has 1 saturated heterocycles. The Bertz CT molecular complexity index is 756. The zero-order chi connectivity index (χ0) is 17.6. The molecule has 1 aliphatic rings. The summed E-state index contributed by atoms with van der Waals surface area (Å²) in [6.07, 6.45) is 3.62. The van der Waals surface area contributed by atoms with E-state index in [1.165, 1.54) is 24.2 Å². The van der Waals surface area contributed by atoms with Gasteiger partial charge >= 0.3 is 0 Å². The molecule has 5 heteroatoms. The number of amides is 1. The molecular weight excluding hydrogens is 380 g/mol. The van der Waals surface area contributed by atoms with Crippen LogP contribution in [-0.4, -0.2) is 31.3 Å². The summed E-state index contributed by atoms with van der Waals surface area (Å²) in [7, 11) is 0. The lowest BCUT2D eigenvalue weighted by Crippen LogP contribution is -3.13. The smallest absolute Gasteiger partial charge is 0.279 e. The summed E-state index contributed by atoms with van der Waals surface area (Å²) in [6.45, 7) is 2.54. The van der Waals surface area contributed by atoms with E-state index in [1.807, 2.05) is 24.3 Å². The van der Waals surface area contributed by atoms with Crippen molar-refractivity contribution < 1.29 is 14.5 Å². The molecule has 0 aromatic heterocycles. The Morgan fingerprint density at radius 2 is 1.72 bits per heavy atom. The first-order chi connectivity index (χ1) is 12.1. The molecule has 2 N–H and O–H groups in total. The van der Waals surface area contributed by atoms with Gasteiger partial charge in [0.25, 0.3) is 5.91 Å². The van der Waals surface area contributed by atoms with Gasteiger partial charge in [0.2, 0.25) is 0 Å². The minimum absolute atomic E-state index is 0.0404. The molecule has 1 fully saturated rings. The summed E-state index contributed by atoms with van der Waals surface area (Å²) in [5, 5.41) is 2.93. The average molecular weight is 402 g/mol. The molecule has 2 aromatic carbocycles. The molecule has 1 aliphatic heterocycles. The van der Waals surface area contributed by atoms with E-state index in [0.29, 0.717) is 23.4 Å². The van der Waals surface area contributed by atoms with E-state index in [-0.39, 0.29) is 11.7 Å². The van der Waals surface area contributed by atoms with Crippen LogP contribution in [0.1, 0.15) is 35.2 Å². The van der Waals surface area contributed by atoms with Crippen LogP contribution in [0.2, 0.25) is 0 Å². The number of carbonyl (C=O) groups is 2. The fourth-order valence-corrected chi connectivity index (χ4v) is 3.57. The standard InChI is InChI=1S/C20H21BrN2O2/c21-16-9-10-18(22-19(24)14-23-11-5-2-6-12-23)17(13-16)20(25)15-7-3-1-4-8-15/h1,3-4,7-10,13H,2,5-6,11-12,14H2,(H,22,24)/p+1. The van der Waals surface area contributed by atoms with Gasteiger partial charge in [-0.2, -0.15) is 0 Å². The first kappa shape index (κ1) is 17.8. The third-order valence-electron chi connectivity index (χ3n) is 4.51. The maximum atomic E-state index is 12.8. The highest BCUT2D eigenvalue weighted by atomic mass is 79.9. The van der Waals surface area contributed by atoms with Crippen molar-refractivity contribution in [1.29, 1.82) is 0 Å². The molecule has 1 heterocycles. The summed E-state index contributed by atoms with van der Waals surface area (Å²) < 4.78 is 0.812. The monoisotopic (exact) mass is 401 g/mol. The molecule has 2 aromatic rings. The van der Waals surface area contributed by atoms with Gasteiger partial charge in [-0.3, -0.25) is 9.59 Å².